The van der Waals surface area contributed by atoms with Gasteiger partial charge in [0.1, 0.15) is 0 Å². The molecule has 20 heavy (non-hydrogen) atoms. The van der Waals surface area contributed by atoms with E-state index in [2.05, 4.69) is 15.6 Å². The van der Waals surface area contributed by atoms with E-state index < -0.39 is 11.8 Å². The van der Waals surface area contributed by atoms with Crippen molar-refractivity contribution in [2.75, 3.05) is 16.9 Å². The Morgan fingerprint density at radius 2 is 2.00 bits per heavy atom. The number of thioether (sulfide) groups is 1. The van der Waals surface area contributed by atoms with Gasteiger partial charge in [-0.1, -0.05) is 6.07 Å². The number of amides is 2. The van der Waals surface area contributed by atoms with E-state index in [-0.39, 0.29) is 0 Å². The lowest BCUT2D eigenvalue weighted by Crippen LogP contribution is -2.29. The first-order valence-electron chi connectivity index (χ1n) is 5.77. The molecule has 0 spiro atoms. The van der Waals surface area contributed by atoms with Crippen molar-refractivity contribution in [3.63, 3.8) is 0 Å². The number of hydrogen-bond acceptors (Lipinski definition) is 5. The third-order valence-corrected chi connectivity index (χ3v) is 3.97. The van der Waals surface area contributed by atoms with E-state index in [0.29, 0.717) is 10.8 Å². The first-order chi connectivity index (χ1) is 9.58. The molecule has 1 aromatic heterocycles. The maximum atomic E-state index is 11.8. The molecule has 0 aliphatic heterocycles. The van der Waals surface area contributed by atoms with Crippen LogP contribution >= 0.6 is 23.1 Å². The van der Waals surface area contributed by atoms with Crippen LogP contribution in [0.2, 0.25) is 0 Å². The summed E-state index contributed by atoms with van der Waals surface area (Å²) >= 11 is 2.84. The Balaban J connectivity index is 1.98. The van der Waals surface area contributed by atoms with E-state index in [1.807, 2.05) is 31.4 Å². The van der Waals surface area contributed by atoms with Crippen molar-refractivity contribution in [2.45, 2.75) is 11.8 Å². The van der Waals surface area contributed by atoms with Crippen LogP contribution in [-0.2, 0) is 9.59 Å². The Kier molecular flexibility index (Phi) is 4.75. The van der Waals surface area contributed by atoms with E-state index in [4.69, 9.17) is 0 Å². The van der Waals surface area contributed by atoms with Crippen LogP contribution in [0.5, 0.6) is 0 Å². The van der Waals surface area contributed by atoms with E-state index in [1.165, 1.54) is 11.3 Å². The molecule has 0 unspecified atom stereocenters. The highest BCUT2D eigenvalue weighted by molar-refractivity contribution is 7.98. The first kappa shape index (κ1) is 14.5. The van der Waals surface area contributed by atoms with Crippen molar-refractivity contribution in [2.24, 2.45) is 0 Å². The average molecular weight is 307 g/mol. The molecule has 0 radical (unpaired) electrons. The van der Waals surface area contributed by atoms with Crippen molar-refractivity contribution >= 4 is 45.7 Å². The summed E-state index contributed by atoms with van der Waals surface area (Å²) < 4.78 is 0. The molecule has 0 aliphatic rings. The van der Waals surface area contributed by atoms with E-state index >= 15 is 0 Å². The topological polar surface area (TPSA) is 71.1 Å². The number of hydrogen-bond donors (Lipinski definition) is 2. The maximum absolute atomic E-state index is 11.8. The predicted octanol–water partition coefficient (Wildman–Crippen LogP) is 2.75. The molecule has 104 valence electrons. The standard InChI is InChI=1S/C13H13N3O2S2/c1-8-7-20-13(14-8)16-12(18)11(17)15-9-4-3-5-10(6-9)19-2/h3-7H,1-2H3,(H,15,17)(H,14,16,18). The molecular weight excluding hydrogens is 294 g/mol. The Labute approximate surface area is 124 Å². The number of aromatic nitrogens is 1. The van der Waals surface area contributed by atoms with Crippen LogP contribution in [0.25, 0.3) is 0 Å². The van der Waals surface area contributed by atoms with Gasteiger partial charge >= 0.3 is 11.8 Å². The number of nitrogens with one attached hydrogen (secondary N) is 2. The third-order valence-electron chi connectivity index (χ3n) is 2.37. The van der Waals surface area contributed by atoms with Gasteiger partial charge in [0.05, 0.1) is 5.69 Å². The second kappa shape index (κ2) is 6.53. The summed E-state index contributed by atoms with van der Waals surface area (Å²) in [4.78, 5) is 28.6. The Morgan fingerprint density at radius 1 is 1.25 bits per heavy atom. The van der Waals surface area contributed by atoms with Gasteiger partial charge in [-0.25, -0.2) is 4.98 Å². The normalized spacial score (nSPS) is 10.1. The minimum absolute atomic E-state index is 0.417. The number of carbonyl (C=O) groups excluding carboxylic acids is 2. The highest BCUT2D eigenvalue weighted by Gasteiger charge is 2.15. The number of benzene rings is 1. The second-order valence-corrected chi connectivity index (χ2v) is 5.67. The summed E-state index contributed by atoms with van der Waals surface area (Å²) in [5, 5.41) is 7.24. The number of thiazole rings is 1. The maximum Gasteiger partial charge on any atom is 0.315 e. The zero-order valence-corrected chi connectivity index (χ0v) is 12.6. The lowest BCUT2D eigenvalue weighted by atomic mass is 10.3. The van der Waals surface area contributed by atoms with Crippen molar-refractivity contribution in [3.05, 3.63) is 35.3 Å². The number of carbonyl (C=O) groups is 2. The van der Waals surface area contributed by atoms with Gasteiger partial charge in [-0.15, -0.1) is 23.1 Å². The highest BCUT2D eigenvalue weighted by atomic mass is 32.2. The summed E-state index contributed by atoms with van der Waals surface area (Å²) in [7, 11) is 0. The number of aryl methyl sites for hydroxylation is 1. The minimum Gasteiger partial charge on any atom is -0.318 e. The average Bonchev–Trinajstić information content (AvgIpc) is 2.84. The number of rotatable bonds is 3. The Bertz CT molecular complexity index is 640. The van der Waals surface area contributed by atoms with Crippen molar-refractivity contribution in [1.82, 2.24) is 4.98 Å². The Hall–Kier alpha value is -1.86. The molecule has 2 N–H and O–H groups in total. The van der Waals surface area contributed by atoms with Gasteiger partial charge in [-0.05, 0) is 31.4 Å². The smallest absolute Gasteiger partial charge is 0.315 e. The number of anilines is 2. The molecule has 0 fully saturated rings. The highest BCUT2D eigenvalue weighted by Crippen LogP contribution is 2.19. The molecule has 1 aromatic carbocycles. The monoisotopic (exact) mass is 307 g/mol. The zero-order valence-electron chi connectivity index (χ0n) is 11.0. The molecule has 1 heterocycles. The molecular formula is C13H13N3O2S2. The quantitative estimate of drug-likeness (QED) is 0.675. The molecule has 7 heteroatoms. The van der Waals surface area contributed by atoms with Crippen LogP contribution in [0, 0.1) is 6.92 Å². The van der Waals surface area contributed by atoms with E-state index in [1.54, 1.807) is 23.2 Å². The molecule has 0 bridgehead atoms. The van der Waals surface area contributed by atoms with Crippen LogP contribution in [-0.4, -0.2) is 23.1 Å². The molecule has 2 rings (SSSR count). The van der Waals surface area contributed by atoms with E-state index in [9.17, 15) is 9.59 Å². The van der Waals surface area contributed by atoms with Gasteiger partial charge in [-0.3, -0.25) is 14.9 Å². The van der Waals surface area contributed by atoms with Crippen molar-refractivity contribution in [3.8, 4) is 0 Å². The summed E-state index contributed by atoms with van der Waals surface area (Å²) in [6.45, 7) is 1.82. The van der Waals surface area contributed by atoms with Gasteiger partial charge < -0.3 is 5.32 Å². The third kappa shape index (κ3) is 3.82. The fraction of sp³-hybridized carbons (Fsp3) is 0.154. The molecule has 2 aromatic rings. The van der Waals surface area contributed by atoms with Gasteiger partial charge in [0, 0.05) is 16.0 Å². The fourth-order valence-corrected chi connectivity index (χ4v) is 2.60. The largest absolute Gasteiger partial charge is 0.318 e. The summed E-state index contributed by atoms with van der Waals surface area (Å²) in [5.74, 6) is -1.44. The van der Waals surface area contributed by atoms with Crippen molar-refractivity contribution < 1.29 is 9.59 Å². The molecule has 5 nitrogen and oxygen atoms in total. The lowest BCUT2D eigenvalue weighted by Gasteiger charge is -2.05. The molecule has 0 saturated carbocycles. The zero-order chi connectivity index (χ0) is 14.5. The van der Waals surface area contributed by atoms with Crippen LogP contribution in [0.15, 0.2) is 34.5 Å². The molecule has 0 aliphatic carbocycles. The van der Waals surface area contributed by atoms with Crippen LogP contribution in [0.1, 0.15) is 5.69 Å². The van der Waals surface area contributed by atoms with Gasteiger partial charge in [0.25, 0.3) is 0 Å². The summed E-state index contributed by atoms with van der Waals surface area (Å²) in [5.41, 5.74) is 1.39. The molecule has 0 atom stereocenters. The molecule has 0 saturated heterocycles. The fourth-order valence-electron chi connectivity index (χ4n) is 1.45. The molecule has 2 amide bonds. The summed E-state index contributed by atoms with van der Waals surface area (Å²) in [6, 6.07) is 7.30. The van der Waals surface area contributed by atoms with Crippen molar-refractivity contribution in [1.29, 1.82) is 0 Å². The van der Waals surface area contributed by atoms with Crippen LogP contribution in [0.3, 0.4) is 0 Å². The van der Waals surface area contributed by atoms with E-state index in [0.717, 1.165) is 10.6 Å². The van der Waals surface area contributed by atoms with Crippen LogP contribution < -0.4 is 10.6 Å². The summed E-state index contributed by atoms with van der Waals surface area (Å²) in [6.07, 6.45) is 1.94. The number of nitrogens with zero attached hydrogens (tertiary/aromatic N) is 1. The second-order valence-electron chi connectivity index (χ2n) is 3.93. The van der Waals surface area contributed by atoms with Crippen LogP contribution in [0.4, 0.5) is 10.8 Å². The lowest BCUT2D eigenvalue weighted by molar-refractivity contribution is -0.133. The first-order valence-corrected chi connectivity index (χ1v) is 7.87. The SMILES string of the molecule is CSc1cccc(NC(=O)C(=O)Nc2nc(C)cs2)c1. The minimum atomic E-state index is -0.728. The predicted molar refractivity (Wildman–Crippen MR) is 82.3 cm³/mol. The Morgan fingerprint density at radius 3 is 2.65 bits per heavy atom. The van der Waals surface area contributed by atoms with Gasteiger partial charge in [0.15, 0.2) is 5.13 Å². The van der Waals surface area contributed by atoms with Gasteiger partial charge in [0.2, 0.25) is 0 Å². The van der Waals surface area contributed by atoms with Gasteiger partial charge in [-0.2, -0.15) is 0 Å².